The maximum Gasteiger partial charge on any atom is 0.255 e. The standard InChI is InChI=1S/C21H21Cl2N3O3/c1-12(2)26-11-14(9-19(26)27)21(29)24-16-6-3-13(4-7-16)20(28)25-18-10-15(22)5-8-17(18)23/h3-8,10,12,14H,9,11H2,1-2H3,(H,24,29)(H,25,28). The van der Waals surface area contributed by atoms with Crippen LogP contribution < -0.4 is 10.6 Å². The molecule has 1 aliphatic rings. The molecule has 0 saturated carbocycles. The van der Waals surface area contributed by atoms with Gasteiger partial charge in [0.15, 0.2) is 0 Å². The van der Waals surface area contributed by atoms with Crippen molar-refractivity contribution in [3.05, 3.63) is 58.1 Å². The summed E-state index contributed by atoms with van der Waals surface area (Å²) in [4.78, 5) is 38.6. The Bertz CT molecular complexity index is 945. The van der Waals surface area contributed by atoms with E-state index in [9.17, 15) is 14.4 Å². The third-order valence-electron chi connectivity index (χ3n) is 4.74. The van der Waals surface area contributed by atoms with Crippen LogP contribution in [0.3, 0.4) is 0 Å². The lowest BCUT2D eigenvalue weighted by Crippen LogP contribution is -2.33. The van der Waals surface area contributed by atoms with Gasteiger partial charge in [-0.1, -0.05) is 23.2 Å². The largest absolute Gasteiger partial charge is 0.339 e. The van der Waals surface area contributed by atoms with Crippen molar-refractivity contribution < 1.29 is 14.4 Å². The Morgan fingerprint density at radius 1 is 1.07 bits per heavy atom. The third kappa shape index (κ3) is 5.08. The lowest BCUT2D eigenvalue weighted by molar-refractivity contribution is -0.129. The minimum absolute atomic E-state index is 0.00755. The van der Waals surface area contributed by atoms with E-state index in [2.05, 4.69) is 10.6 Å². The van der Waals surface area contributed by atoms with E-state index in [0.717, 1.165) is 0 Å². The zero-order valence-electron chi connectivity index (χ0n) is 16.0. The van der Waals surface area contributed by atoms with Crippen molar-refractivity contribution in [1.29, 1.82) is 0 Å². The van der Waals surface area contributed by atoms with Crippen LogP contribution in [0.4, 0.5) is 11.4 Å². The molecule has 8 heteroatoms. The molecule has 0 aromatic heterocycles. The summed E-state index contributed by atoms with van der Waals surface area (Å²) in [7, 11) is 0. The monoisotopic (exact) mass is 433 g/mol. The molecule has 0 bridgehead atoms. The molecule has 2 aromatic rings. The van der Waals surface area contributed by atoms with Gasteiger partial charge in [-0.25, -0.2) is 0 Å². The predicted molar refractivity (Wildman–Crippen MR) is 114 cm³/mol. The minimum Gasteiger partial charge on any atom is -0.339 e. The summed E-state index contributed by atoms with van der Waals surface area (Å²) in [6.45, 7) is 4.28. The normalized spacial score (nSPS) is 16.2. The molecule has 1 aliphatic heterocycles. The number of benzene rings is 2. The van der Waals surface area contributed by atoms with Gasteiger partial charge in [0.2, 0.25) is 11.8 Å². The first-order valence-corrected chi connectivity index (χ1v) is 9.97. The Morgan fingerprint density at radius 3 is 2.38 bits per heavy atom. The quantitative estimate of drug-likeness (QED) is 0.731. The van der Waals surface area contributed by atoms with Gasteiger partial charge in [0.1, 0.15) is 0 Å². The smallest absolute Gasteiger partial charge is 0.255 e. The van der Waals surface area contributed by atoms with Crippen molar-refractivity contribution >= 4 is 52.3 Å². The molecule has 0 spiro atoms. The van der Waals surface area contributed by atoms with Gasteiger partial charge in [-0.3, -0.25) is 14.4 Å². The topological polar surface area (TPSA) is 78.5 Å². The minimum atomic E-state index is -0.377. The fourth-order valence-electron chi connectivity index (χ4n) is 3.14. The zero-order chi connectivity index (χ0) is 21.1. The summed E-state index contributed by atoms with van der Waals surface area (Å²) in [5, 5.41) is 6.36. The Morgan fingerprint density at radius 2 is 1.76 bits per heavy atom. The number of carbonyl (C=O) groups excluding carboxylic acids is 3. The molecule has 29 heavy (non-hydrogen) atoms. The molecule has 2 N–H and O–H groups in total. The van der Waals surface area contributed by atoms with E-state index < -0.39 is 0 Å². The van der Waals surface area contributed by atoms with Gasteiger partial charge in [-0.05, 0) is 56.3 Å². The molecular weight excluding hydrogens is 413 g/mol. The van der Waals surface area contributed by atoms with E-state index in [0.29, 0.717) is 33.5 Å². The van der Waals surface area contributed by atoms with Gasteiger partial charge < -0.3 is 15.5 Å². The first-order valence-electron chi connectivity index (χ1n) is 9.21. The highest BCUT2D eigenvalue weighted by Crippen LogP contribution is 2.26. The van der Waals surface area contributed by atoms with E-state index in [1.807, 2.05) is 13.8 Å². The Hall–Kier alpha value is -2.57. The van der Waals surface area contributed by atoms with Crippen LogP contribution in [0.25, 0.3) is 0 Å². The fraction of sp³-hybridized carbons (Fsp3) is 0.286. The van der Waals surface area contributed by atoms with Crippen molar-refractivity contribution in [2.24, 2.45) is 5.92 Å². The van der Waals surface area contributed by atoms with Gasteiger partial charge in [-0.15, -0.1) is 0 Å². The first-order chi connectivity index (χ1) is 13.7. The predicted octanol–water partition coefficient (Wildman–Crippen LogP) is 4.44. The van der Waals surface area contributed by atoms with Crippen molar-refractivity contribution in [1.82, 2.24) is 4.90 Å². The highest BCUT2D eigenvalue weighted by atomic mass is 35.5. The summed E-state index contributed by atoms with van der Waals surface area (Å²) >= 11 is 12.0. The lowest BCUT2D eigenvalue weighted by Gasteiger charge is -2.20. The van der Waals surface area contributed by atoms with Crippen LogP contribution in [-0.4, -0.2) is 35.2 Å². The maximum atomic E-state index is 12.5. The molecule has 1 heterocycles. The average molecular weight is 434 g/mol. The first kappa shape index (κ1) is 21.1. The van der Waals surface area contributed by atoms with Crippen LogP contribution in [0.1, 0.15) is 30.6 Å². The number of nitrogens with one attached hydrogen (secondary N) is 2. The van der Waals surface area contributed by atoms with Gasteiger partial charge in [0, 0.05) is 35.3 Å². The second-order valence-electron chi connectivity index (χ2n) is 7.19. The molecule has 0 radical (unpaired) electrons. The number of anilines is 2. The number of amides is 3. The summed E-state index contributed by atoms with van der Waals surface area (Å²) in [6, 6.07) is 11.4. The zero-order valence-corrected chi connectivity index (χ0v) is 17.6. The van der Waals surface area contributed by atoms with Crippen LogP contribution in [0.2, 0.25) is 10.0 Å². The number of halogens is 2. The maximum absolute atomic E-state index is 12.5. The summed E-state index contributed by atoms with van der Waals surface area (Å²) in [6.07, 6.45) is 0.213. The van der Waals surface area contributed by atoms with Gasteiger partial charge in [0.25, 0.3) is 5.91 Å². The van der Waals surface area contributed by atoms with Crippen LogP contribution in [0.15, 0.2) is 42.5 Å². The number of carbonyl (C=O) groups is 3. The van der Waals surface area contributed by atoms with Gasteiger partial charge in [0.05, 0.1) is 16.6 Å². The molecule has 1 unspecified atom stereocenters. The van der Waals surface area contributed by atoms with Crippen molar-refractivity contribution in [3.8, 4) is 0 Å². The second kappa shape index (κ2) is 8.84. The van der Waals surface area contributed by atoms with E-state index >= 15 is 0 Å². The number of hydrogen-bond acceptors (Lipinski definition) is 3. The van der Waals surface area contributed by atoms with Crippen LogP contribution >= 0.6 is 23.2 Å². The Kier molecular flexibility index (Phi) is 6.45. The molecule has 3 rings (SSSR count). The molecule has 3 amide bonds. The van der Waals surface area contributed by atoms with Crippen LogP contribution in [0, 0.1) is 5.92 Å². The fourth-order valence-corrected chi connectivity index (χ4v) is 3.48. The highest BCUT2D eigenvalue weighted by Gasteiger charge is 2.35. The summed E-state index contributed by atoms with van der Waals surface area (Å²) in [5.41, 5.74) is 1.38. The molecule has 0 aliphatic carbocycles. The summed E-state index contributed by atoms with van der Waals surface area (Å²) in [5.74, 6) is -0.935. The SMILES string of the molecule is CC(C)N1CC(C(=O)Nc2ccc(C(=O)Nc3cc(Cl)ccc3Cl)cc2)CC1=O. The van der Waals surface area contributed by atoms with Crippen LogP contribution in [0.5, 0.6) is 0 Å². The Labute approximate surface area is 179 Å². The van der Waals surface area contributed by atoms with E-state index in [4.69, 9.17) is 23.2 Å². The molecule has 1 saturated heterocycles. The second-order valence-corrected chi connectivity index (χ2v) is 8.03. The lowest BCUT2D eigenvalue weighted by atomic mass is 10.1. The van der Waals surface area contributed by atoms with Crippen molar-refractivity contribution in [2.75, 3.05) is 17.2 Å². The molecule has 6 nitrogen and oxygen atoms in total. The molecule has 1 fully saturated rings. The number of nitrogens with zero attached hydrogens (tertiary/aromatic N) is 1. The van der Waals surface area contributed by atoms with Crippen molar-refractivity contribution in [3.63, 3.8) is 0 Å². The highest BCUT2D eigenvalue weighted by molar-refractivity contribution is 6.35. The molecule has 2 aromatic carbocycles. The van der Waals surface area contributed by atoms with Crippen molar-refractivity contribution in [2.45, 2.75) is 26.3 Å². The number of hydrogen-bond donors (Lipinski definition) is 2. The Balaban J connectivity index is 1.61. The number of rotatable bonds is 5. The van der Waals surface area contributed by atoms with E-state index in [1.54, 1.807) is 47.4 Å². The molecule has 1 atom stereocenters. The van der Waals surface area contributed by atoms with Gasteiger partial charge in [-0.2, -0.15) is 0 Å². The molecular formula is C21H21Cl2N3O3. The summed E-state index contributed by atoms with van der Waals surface area (Å²) < 4.78 is 0. The van der Waals surface area contributed by atoms with E-state index in [-0.39, 0.29) is 36.1 Å². The average Bonchev–Trinajstić information content (AvgIpc) is 3.07. The molecule has 152 valence electrons. The van der Waals surface area contributed by atoms with Crippen LogP contribution in [-0.2, 0) is 9.59 Å². The van der Waals surface area contributed by atoms with Gasteiger partial charge >= 0.3 is 0 Å². The van der Waals surface area contributed by atoms with E-state index in [1.165, 1.54) is 0 Å². The number of likely N-dealkylation sites (tertiary alicyclic amines) is 1. The third-order valence-corrected chi connectivity index (χ3v) is 5.31.